The number of carbonyl (C=O) groups excluding carboxylic acids is 1. The van der Waals surface area contributed by atoms with Crippen molar-refractivity contribution in [1.82, 2.24) is 5.32 Å². The van der Waals surface area contributed by atoms with E-state index in [0.29, 0.717) is 49.5 Å². The molecule has 4 N–H and O–H groups in total. The number of benzene rings is 3. The van der Waals surface area contributed by atoms with Crippen LogP contribution >= 0.6 is 0 Å². The first-order chi connectivity index (χ1) is 24.2. The minimum absolute atomic E-state index is 0.00405. The summed E-state index contributed by atoms with van der Waals surface area (Å²) < 4.78 is 0. The highest BCUT2D eigenvalue weighted by Crippen LogP contribution is 2.43. The van der Waals surface area contributed by atoms with Crippen molar-refractivity contribution < 1.29 is 20.1 Å². The number of rotatable bonds is 9. The van der Waals surface area contributed by atoms with E-state index in [-0.39, 0.29) is 44.3 Å². The molecule has 0 aliphatic carbocycles. The Labute approximate surface area is 329 Å². The van der Waals surface area contributed by atoms with E-state index in [4.69, 9.17) is 0 Å². The molecule has 0 unspecified atom stereocenters. The second-order valence-electron chi connectivity index (χ2n) is 22.2. The summed E-state index contributed by atoms with van der Waals surface area (Å²) in [5.74, 6) is 1.13. The van der Waals surface area contributed by atoms with Gasteiger partial charge in [0.15, 0.2) is 0 Å². The molecule has 3 aromatic carbocycles. The Balaban J connectivity index is 2.04. The molecule has 5 nitrogen and oxygen atoms in total. The predicted octanol–water partition coefficient (Wildman–Crippen LogP) is 11.7. The number of carbonyl (C=O) groups is 1. The lowest BCUT2D eigenvalue weighted by Gasteiger charge is -2.30. The minimum atomic E-state index is -0.252. The van der Waals surface area contributed by atoms with E-state index in [9.17, 15) is 20.1 Å². The van der Waals surface area contributed by atoms with Crippen LogP contribution in [-0.2, 0) is 56.5 Å². The second kappa shape index (κ2) is 15.6. The van der Waals surface area contributed by atoms with Crippen molar-refractivity contribution in [3.8, 4) is 17.2 Å². The summed E-state index contributed by atoms with van der Waals surface area (Å²) in [6.45, 7) is 38.8. The fourth-order valence-corrected chi connectivity index (χ4v) is 7.38. The fourth-order valence-electron chi connectivity index (χ4n) is 7.38. The Kier molecular flexibility index (Phi) is 13.0. The summed E-state index contributed by atoms with van der Waals surface area (Å²) in [7, 11) is 0. The maximum atomic E-state index is 13.7. The molecular weight excluding hydrogens is 667 g/mol. The highest BCUT2D eigenvalue weighted by molar-refractivity contribution is 5.76. The number of phenols is 3. The largest absolute Gasteiger partial charge is 0.507 e. The molecule has 0 aliphatic rings. The van der Waals surface area contributed by atoms with Crippen molar-refractivity contribution >= 4 is 5.91 Å². The lowest BCUT2D eigenvalue weighted by atomic mass is 9.76. The van der Waals surface area contributed by atoms with Crippen molar-refractivity contribution in [1.29, 1.82) is 0 Å². The van der Waals surface area contributed by atoms with Gasteiger partial charge in [-0.25, -0.2) is 0 Å². The van der Waals surface area contributed by atoms with Gasteiger partial charge in [-0.15, -0.1) is 0 Å². The summed E-state index contributed by atoms with van der Waals surface area (Å²) in [6, 6.07) is 12.7. The molecule has 3 rings (SSSR count). The lowest BCUT2D eigenvalue weighted by molar-refractivity contribution is -0.121. The highest BCUT2D eigenvalue weighted by Gasteiger charge is 2.30. The first kappa shape index (κ1) is 44.9. The molecule has 54 heavy (non-hydrogen) atoms. The van der Waals surface area contributed by atoms with E-state index in [1.165, 1.54) is 0 Å². The van der Waals surface area contributed by atoms with E-state index < -0.39 is 0 Å². The second-order valence-corrected chi connectivity index (χ2v) is 22.2. The average molecular weight is 742 g/mol. The van der Waals surface area contributed by atoms with Crippen molar-refractivity contribution in [3.63, 3.8) is 0 Å². The molecule has 0 spiro atoms. The molecule has 300 valence electrons. The van der Waals surface area contributed by atoms with Gasteiger partial charge in [0.25, 0.3) is 0 Å². The van der Waals surface area contributed by atoms with Gasteiger partial charge in [-0.2, -0.15) is 0 Å². The van der Waals surface area contributed by atoms with Gasteiger partial charge in [-0.05, 0) is 108 Å². The zero-order valence-electron chi connectivity index (χ0n) is 37.3. The molecule has 0 bridgehead atoms. The first-order valence-corrected chi connectivity index (χ1v) is 20.1. The predicted molar refractivity (Wildman–Crippen MR) is 229 cm³/mol. The van der Waals surface area contributed by atoms with Gasteiger partial charge in [0.1, 0.15) is 17.2 Å². The first-order valence-electron chi connectivity index (χ1n) is 20.1. The van der Waals surface area contributed by atoms with Crippen LogP contribution in [0.15, 0.2) is 36.4 Å². The van der Waals surface area contributed by atoms with Gasteiger partial charge in [0.05, 0.1) is 0 Å². The van der Waals surface area contributed by atoms with E-state index in [0.717, 1.165) is 50.1 Å². The van der Waals surface area contributed by atoms with Crippen LogP contribution in [-0.4, -0.2) is 27.8 Å². The zero-order chi connectivity index (χ0) is 41.6. The monoisotopic (exact) mass is 742 g/mol. The summed E-state index contributed by atoms with van der Waals surface area (Å²) in [6.07, 6.45) is 2.34. The van der Waals surface area contributed by atoms with Gasteiger partial charge in [-0.3, -0.25) is 4.79 Å². The molecule has 0 saturated heterocycles. The minimum Gasteiger partial charge on any atom is -0.507 e. The molecule has 0 aromatic heterocycles. The maximum absolute atomic E-state index is 13.7. The Morgan fingerprint density at radius 1 is 0.463 bits per heavy atom. The van der Waals surface area contributed by atoms with Crippen molar-refractivity contribution in [2.45, 2.75) is 183 Å². The average Bonchev–Trinajstić information content (AvgIpc) is 2.97. The van der Waals surface area contributed by atoms with E-state index >= 15 is 0 Å². The molecule has 0 aliphatic heterocycles. The lowest BCUT2D eigenvalue weighted by Crippen LogP contribution is -2.32. The molecule has 0 atom stereocenters. The normalized spacial score (nSPS) is 13.5. The third kappa shape index (κ3) is 11.3. The number of phenolic OH excluding ortho intramolecular Hbond substituents is 3. The molecule has 0 heterocycles. The third-order valence-electron chi connectivity index (χ3n) is 10.6. The van der Waals surface area contributed by atoms with Crippen LogP contribution in [0.3, 0.4) is 0 Å². The van der Waals surface area contributed by atoms with Crippen molar-refractivity contribution in [2.24, 2.45) is 5.92 Å². The molecule has 3 aromatic rings. The highest BCUT2D eigenvalue weighted by atomic mass is 16.3. The van der Waals surface area contributed by atoms with Crippen LogP contribution in [0.2, 0.25) is 0 Å². The van der Waals surface area contributed by atoms with Crippen LogP contribution < -0.4 is 5.32 Å². The van der Waals surface area contributed by atoms with Crippen molar-refractivity contribution in [3.05, 3.63) is 86.5 Å². The molecule has 1 amide bonds. The summed E-state index contributed by atoms with van der Waals surface area (Å²) in [4.78, 5) is 13.7. The number of aryl methyl sites for hydroxylation is 1. The van der Waals surface area contributed by atoms with E-state index in [1.54, 1.807) is 0 Å². The van der Waals surface area contributed by atoms with E-state index in [1.807, 2.05) is 0 Å². The standard InChI is InChI=1S/C49H75NO4/c1-44(2,3)34-23-30(24-35(41(34)52)45(4,5)6)19-20-40(51)50-29-33(21-31-25-36(46(7,8)9)42(53)37(26-31)47(10,11)12)22-32-27-38(48(13,14)15)43(54)39(28-32)49(16,17)18/h23-28,33,52-54H,19-22,29H2,1-18H3,(H,50,51). The summed E-state index contributed by atoms with van der Waals surface area (Å²) in [5, 5.41) is 37.5. The van der Waals surface area contributed by atoms with E-state index in [2.05, 4.69) is 166 Å². The Morgan fingerprint density at radius 3 is 0.944 bits per heavy atom. The summed E-state index contributed by atoms with van der Waals surface area (Å²) in [5.41, 5.74) is 7.38. The van der Waals surface area contributed by atoms with Gasteiger partial charge >= 0.3 is 0 Å². The van der Waals surface area contributed by atoms with Gasteiger partial charge in [0.2, 0.25) is 5.91 Å². The number of hydrogen-bond donors (Lipinski definition) is 4. The fraction of sp³-hybridized carbons (Fsp3) is 0.612. The molecule has 0 fully saturated rings. The third-order valence-corrected chi connectivity index (χ3v) is 10.6. The van der Waals surface area contributed by atoms with Crippen LogP contribution in [0.1, 0.15) is 181 Å². The molecule has 0 radical (unpaired) electrons. The van der Waals surface area contributed by atoms with Crippen LogP contribution in [0.25, 0.3) is 0 Å². The van der Waals surface area contributed by atoms with Gasteiger partial charge < -0.3 is 20.6 Å². The van der Waals surface area contributed by atoms with Crippen LogP contribution in [0.4, 0.5) is 0 Å². The molecular formula is C49H75NO4. The Morgan fingerprint density at radius 2 is 0.704 bits per heavy atom. The summed E-state index contributed by atoms with van der Waals surface area (Å²) >= 11 is 0. The topological polar surface area (TPSA) is 89.8 Å². The maximum Gasteiger partial charge on any atom is 0.220 e. The van der Waals surface area contributed by atoms with Crippen LogP contribution in [0, 0.1) is 5.92 Å². The van der Waals surface area contributed by atoms with Crippen molar-refractivity contribution in [2.75, 3.05) is 6.54 Å². The number of nitrogens with one attached hydrogen (secondary N) is 1. The van der Waals surface area contributed by atoms with Gasteiger partial charge in [0, 0.05) is 13.0 Å². The van der Waals surface area contributed by atoms with Gasteiger partial charge in [-0.1, -0.05) is 161 Å². The smallest absolute Gasteiger partial charge is 0.220 e. The quantitative estimate of drug-likeness (QED) is 0.176. The number of amides is 1. The number of aromatic hydroxyl groups is 3. The van der Waals surface area contributed by atoms with Crippen LogP contribution in [0.5, 0.6) is 17.2 Å². The zero-order valence-corrected chi connectivity index (χ0v) is 37.3. The number of hydrogen-bond acceptors (Lipinski definition) is 4. The molecule has 5 heteroatoms. The molecule has 0 saturated carbocycles. The SMILES string of the molecule is CC(C)(C)c1cc(CCC(=O)NCC(Cc2cc(C(C)(C)C)c(O)c(C(C)(C)C)c2)Cc2cc(C(C)(C)C)c(O)c(C(C)(C)C)c2)cc(C(C)(C)C)c1O. The Bertz CT molecular complexity index is 1620. The Hall–Kier alpha value is -3.47.